The van der Waals surface area contributed by atoms with Crippen LogP contribution in [-0.4, -0.2) is 21.7 Å². The Balaban J connectivity index is 2.26. The molecular weight excluding hydrogens is 180 g/mol. The summed E-state index contributed by atoms with van der Waals surface area (Å²) < 4.78 is 0. The van der Waals surface area contributed by atoms with Crippen LogP contribution in [0, 0.1) is 17.8 Å². The van der Waals surface area contributed by atoms with Crippen LogP contribution in [0.15, 0.2) is 0 Å². The smallest absolute Gasteiger partial charge is 0.131 e. The predicted octanol–water partition coefficient (Wildman–Crippen LogP) is 0.173. The highest BCUT2D eigenvalue weighted by Gasteiger charge is 2.57. The molecule has 3 fully saturated rings. The third kappa shape index (κ3) is 1.29. The summed E-state index contributed by atoms with van der Waals surface area (Å²) in [6.45, 7) is 6.13. The molecule has 0 aromatic rings. The van der Waals surface area contributed by atoms with Gasteiger partial charge in [-0.1, -0.05) is 20.8 Å². The van der Waals surface area contributed by atoms with Crippen molar-refractivity contribution in [3.05, 3.63) is 0 Å². The molecule has 4 atom stereocenters. The predicted molar refractivity (Wildman–Crippen MR) is 52.9 cm³/mol. The van der Waals surface area contributed by atoms with Crippen LogP contribution in [0.25, 0.3) is 0 Å². The number of aliphatic hydroxyl groups is 2. The van der Waals surface area contributed by atoms with Gasteiger partial charge in [-0.3, -0.25) is 0 Å². The molecule has 0 aromatic heterocycles. The van der Waals surface area contributed by atoms with E-state index in [2.05, 4.69) is 24.7 Å². The zero-order valence-electron chi connectivity index (χ0n) is 9.04. The Morgan fingerprint density at radius 1 is 1.14 bits per heavy atom. The lowest BCUT2D eigenvalue weighted by Crippen LogP contribution is -2.78. The number of rotatable bonds is 1. The molecule has 14 heavy (non-hydrogen) atoms. The van der Waals surface area contributed by atoms with Gasteiger partial charge in [-0.15, -0.1) is 0 Å². The van der Waals surface area contributed by atoms with Crippen molar-refractivity contribution in [3.63, 3.8) is 0 Å². The average Bonchev–Trinajstić information content (AvgIpc) is 2.07. The fraction of sp³-hybridized carbons (Fsp3) is 1.00. The van der Waals surface area contributed by atoms with Crippen molar-refractivity contribution in [1.82, 2.24) is 10.9 Å². The molecule has 1 saturated carbocycles. The minimum atomic E-state index is -0.849. The van der Waals surface area contributed by atoms with Crippen molar-refractivity contribution in [2.75, 3.05) is 0 Å². The first-order valence-corrected chi connectivity index (χ1v) is 5.36. The molecule has 4 nitrogen and oxygen atoms in total. The van der Waals surface area contributed by atoms with Crippen LogP contribution >= 0.6 is 0 Å². The summed E-state index contributed by atoms with van der Waals surface area (Å²) in [5.74, 6) is 0.572. The van der Waals surface area contributed by atoms with Gasteiger partial charge in [0.05, 0.1) is 0 Å². The van der Waals surface area contributed by atoms with E-state index in [1.54, 1.807) is 0 Å². The summed E-state index contributed by atoms with van der Waals surface area (Å²) in [6.07, 6.45) is 1.23. The molecule has 4 unspecified atom stereocenters. The van der Waals surface area contributed by atoms with Crippen molar-refractivity contribution < 1.29 is 10.2 Å². The van der Waals surface area contributed by atoms with Crippen LogP contribution in [0.4, 0.5) is 0 Å². The maximum absolute atomic E-state index is 10.3. The van der Waals surface area contributed by atoms with Crippen LogP contribution in [0.1, 0.15) is 33.6 Å². The van der Waals surface area contributed by atoms with Crippen LogP contribution < -0.4 is 10.9 Å². The lowest BCUT2D eigenvalue weighted by Gasteiger charge is -2.58. The Morgan fingerprint density at radius 2 is 1.71 bits per heavy atom. The topological polar surface area (TPSA) is 64.5 Å². The van der Waals surface area contributed by atoms with Crippen LogP contribution in [0.2, 0.25) is 0 Å². The van der Waals surface area contributed by atoms with Crippen molar-refractivity contribution in [2.24, 2.45) is 17.8 Å². The van der Waals surface area contributed by atoms with Crippen molar-refractivity contribution >= 4 is 0 Å². The third-order valence-corrected chi connectivity index (χ3v) is 3.88. The fourth-order valence-electron chi connectivity index (χ4n) is 2.81. The van der Waals surface area contributed by atoms with E-state index >= 15 is 0 Å². The van der Waals surface area contributed by atoms with Crippen molar-refractivity contribution in [2.45, 2.75) is 45.1 Å². The lowest BCUT2D eigenvalue weighted by molar-refractivity contribution is -0.250. The second-order valence-corrected chi connectivity index (χ2v) is 5.26. The number of hydrogen-bond acceptors (Lipinski definition) is 4. The zero-order chi connectivity index (χ0) is 10.6. The Kier molecular flexibility index (Phi) is 2.16. The number of fused-ring (bicyclic) bond motifs is 3. The van der Waals surface area contributed by atoms with E-state index in [0.29, 0.717) is 18.8 Å². The molecule has 1 aliphatic carbocycles. The molecule has 4 heteroatoms. The molecule has 0 radical (unpaired) electrons. The molecule has 0 aromatic carbocycles. The molecule has 0 amide bonds. The summed E-state index contributed by atoms with van der Waals surface area (Å²) in [5, 5.41) is 20.6. The average molecular weight is 200 g/mol. The first kappa shape index (κ1) is 10.4. The first-order chi connectivity index (χ1) is 6.37. The molecule has 82 valence electrons. The maximum atomic E-state index is 10.3. The minimum Gasteiger partial charge on any atom is -0.374 e. The van der Waals surface area contributed by atoms with Gasteiger partial charge in [-0.05, 0) is 18.8 Å². The monoisotopic (exact) mass is 200 g/mol. The molecule has 2 bridgehead atoms. The Bertz CT molecular complexity index is 246. The molecule has 2 heterocycles. The normalized spacial score (nSPS) is 52.7. The van der Waals surface area contributed by atoms with E-state index in [1.807, 2.05) is 6.92 Å². The number of hydrazine groups is 1. The maximum Gasteiger partial charge on any atom is 0.131 e. The number of nitrogens with one attached hydrogen (secondary N) is 2. The largest absolute Gasteiger partial charge is 0.374 e. The first-order valence-electron chi connectivity index (χ1n) is 5.36. The van der Waals surface area contributed by atoms with Crippen molar-refractivity contribution in [3.8, 4) is 0 Å². The van der Waals surface area contributed by atoms with Gasteiger partial charge < -0.3 is 10.2 Å². The molecular formula is C10H20N2O2. The Hall–Kier alpha value is -0.160. The van der Waals surface area contributed by atoms with Gasteiger partial charge in [-0.2, -0.15) is 0 Å². The van der Waals surface area contributed by atoms with Gasteiger partial charge in [0.1, 0.15) is 11.4 Å². The van der Waals surface area contributed by atoms with Gasteiger partial charge in [0, 0.05) is 11.8 Å². The summed E-state index contributed by atoms with van der Waals surface area (Å²) in [7, 11) is 0. The highest BCUT2D eigenvalue weighted by atomic mass is 16.3. The standard InChI is InChI=1S/C10H20N2O2/c1-6(2)8-5-9(13)7(3)4-10(8,14)12-11-9/h6-8,11-14H,4-5H2,1-3H3. The fourth-order valence-corrected chi connectivity index (χ4v) is 2.81. The van der Waals surface area contributed by atoms with E-state index in [9.17, 15) is 10.2 Å². The quantitative estimate of drug-likeness (QED) is 0.487. The third-order valence-electron chi connectivity index (χ3n) is 3.88. The lowest BCUT2D eigenvalue weighted by atomic mass is 9.66. The van der Waals surface area contributed by atoms with E-state index in [1.165, 1.54) is 0 Å². The number of hydrogen-bond donors (Lipinski definition) is 4. The van der Waals surface area contributed by atoms with E-state index in [-0.39, 0.29) is 11.8 Å². The SMILES string of the molecule is CC(C)C1CC2(O)NNC1(O)CC2C. The van der Waals surface area contributed by atoms with Gasteiger partial charge in [0.15, 0.2) is 0 Å². The van der Waals surface area contributed by atoms with Crippen LogP contribution in [0.3, 0.4) is 0 Å². The van der Waals surface area contributed by atoms with Crippen molar-refractivity contribution in [1.29, 1.82) is 0 Å². The summed E-state index contributed by atoms with van der Waals surface area (Å²) in [6, 6.07) is 0. The highest BCUT2D eigenvalue weighted by Crippen LogP contribution is 2.46. The zero-order valence-corrected chi connectivity index (χ0v) is 9.04. The second-order valence-electron chi connectivity index (χ2n) is 5.26. The van der Waals surface area contributed by atoms with Crippen LogP contribution in [-0.2, 0) is 0 Å². The second kappa shape index (κ2) is 2.92. The van der Waals surface area contributed by atoms with E-state index in [4.69, 9.17) is 0 Å². The highest BCUT2D eigenvalue weighted by molar-refractivity contribution is 5.04. The Morgan fingerprint density at radius 3 is 2.21 bits per heavy atom. The molecule has 3 rings (SSSR count). The molecule has 0 spiro atoms. The minimum absolute atomic E-state index is 0.0868. The molecule has 2 aliphatic heterocycles. The van der Waals surface area contributed by atoms with E-state index < -0.39 is 11.4 Å². The molecule has 4 N–H and O–H groups in total. The van der Waals surface area contributed by atoms with Gasteiger partial charge in [0.25, 0.3) is 0 Å². The van der Waals surface area contributed by atoms with Gasteiger partial charge in [-0.25, -0.2) is 10.9 Å². The van der Waals surface area contributed by atoms with E-state index in [0.717, 1.165) is 0 Å². The summed E-state index contributed by atoms with van der Waals surface area (Å²) in [4.78, 5) is 0. The van der Waals surface area contributed by atoms with Crippen LogP contribution in [0.5, 0.6) is 0 Å². The summed E-state index contributed by atoms with van der Waals surface area (Å²) >= 11 is 0. The Labute approximate surface area is 84.7 Å². The molecule has 3 aliphatic rings. The van der Waals surface area contributed by atoms with Gasteiger partial charge >= 0.3 is 0 Å². The molecule has 2 saturated heterocycles. The summed E-state index contributed by atoms with van der Waals surface area (Å²) in [5.41, 5.74) is 3.98. The van der Waals surface area contributed by atoms with Gasteiger partial charge in [0.2, 0.25) is 0 Å².